The molecule has 20 heavy (non-hydrogen) atoms. The van der Waals surface area contributed by atoms with Gasteiger partial charge in [0, 0.05) is 5.38 Å². The number of nitrogens with zero attached hydrogens (tertiary/aromatic N) is 2. The molecule has 0 saturated carbocycles. The Hall–Kier alpha value is -2.47. The van der Waals surface area contributed by atoms with Gasteiger partial charge in [0.05, 0.1) is 16.7 Å². The Bertz CT molecular complexity index is 776. The smallest absolute Gasteiger partial charge is 0.336 e. The molecule has 3 aromatic rings. The highest BCUT2D eigenvalue weighted by Crippen LogP contribution is 2.29. The Labute approximate surface area is 118 Å². The zero-order chi connectivity index (χ0) is 14.1. The molecule has 3 rings (SSSR count). The molecule has 0 saturated heterocycles. The molecule has 1 aromatic carbocycles. The summed E-state index contributed by atoms with van der Waals surface area (Å²) in [7, 11) is 0. The number of thiophene rings is 1. The van der Waals surface area contributed by atoms with E-state index in [1.54, 1.807) is 29.5 Å². The molecular weight excluding hydrogens is 276 g/mol. The molecule has 2 aromatic heterocycles. The normalized spacial score (nSPS) is 10.7. The fourth-order valence-electron chi connectivity index (χ4n) is 1.88. The maximum Gasteiger partial charge on any atom is 0.336 e. The number of carboxylic acids is 1. The molecule has 0 bridgehead atoms. The maximum atomic E-state index is 11.2. The van der Waals surface area contributed by atoms with E-state index in [-0.39, 0.29) is 11.5 Å². The second-order valence-electron chi connectivity index (χ2n) is 4.23. The van der Waals surface area contributed by atoms with Crippen molar-refractivity contribution in [2.75, 3.05) is 0 Å². The van der Waals surface area contributed by atoms with E-state index in [1.807, 2.05) is 17.7 Å². The highest BCUT2D eigenvalue weighted by Gasteiger charge is 2.17. The zero-order valence-corrected chi connectivity index (χ0v) is 11.3. The summed E-state index contributed by atoms with van der Waals surface area (Å²) < 4.78 is 5.61. The minimum atomic E-state index is -1.02. The van der Waals surface area contributed by atoms with Gasteiger partial charge in [-0.1, -0.05) is 12.1 Å². The molecule has 0 aliphatic carbocycles. The van der Waals surface area contributed by atoms with Crippen LogP contribution in [0.5, 0.6) is 0 Å². The largest absolute Gasteiger partial charge is 0.478 e. The molecule has 2 heterocycles. The van der Waals surface area contributed by atoms with Crippen LogP contribution in [0.3, 0.4) is 0 Å². The number of aromatic nitrogens is 2. The fourth-order valence-corrected chi connectivity index (χ4v) is 2.70. The second-order valence-corrected chi connectivity index (χ2v) is 4.98. The van der Waals surface area contributed by atoms with Gasteiger partial charge in [0.1, 0.15) is 0 Å². The Kier molecular flexibility index (Phi) is 3.08. The van der Waals surface area contributed by atoms with Gasteiger partial charge in [0.2, 0.25) is 11.8 Å². The van der Waals surface area contributed by atoms with E-state index < -0.39 is 5.97 Å². The van der Waals surface area contributed by atoms with Crippen LogP contribution >= 0.6 is 11.3 Å². The number of hydrogen-bond acceptors (Lipinski definition) is 5. The monoisotopic (exact) mass is 286 g/mol. The third-order valence-electron chi connectivity index (χ3n) is 2.90. The van der Waals surface area contributed by atoms with Crippen molar-refractivity contribution in [2.24, 2.45) is 0 Å². The Morgan fingerprint density at radius 1 is 1.15 bits per heavy atom. The van der Waals surface area contributed by atoms with Crippen LogP contribution in [0.4, 0.5) is 0 Å². The minimum Gasteiger partial charge on any atom is -0.478 e. The van der Waals surface area contributed by atoms with Crippen LogP contribution in [0.2, 0.25) is 0 Å². The van der Waals surface area contributed by atoms with Gasteiger partial charge in [-0.05, 0) is 30.0 Å². The van der Waals surface area contributed by atoms with Crippen LogP contribution in [0.15, 0.2) is 39.4 Å². The lowest BCUT2D eigenvalue weighted by Gasteiger charge is -2.00. The molecule has 0 fully saturated rings. The quantitative estimate of drug-likeness (QED) is 0.797. The predicted octanol–water partition coefficient (Wildman–Crippen LogP) is 3.47. The number of benzene rings is 1. The van der Waals surface area contributed by atoms with Crippen LogP contribution in [-0.2, 0) is 0 Å². The summed E-state index contributed by atoms with van der Waals surface area (Å²) >= 11 is 1.55. The van der Waals surface area contributed by atoms with Gasteiger partial charge in [-0.25, -0.2) is 4.79 Å². The summed E-state index contributed by atoms with van der Waals surface area (Å²) in [6, 6.07) is 6.56. The van der Waals surface area contributed by atoms with Gasteiger partial charge >= 0.3 is 5.97 Å². The Morgan fingerprint density at radius 3 is 2.50 bits per heavy atom. The van der Waals surface area contributed by atoms with Crippen molar-refractivity contribution in [1.82, 2.24) is 10.2 Å². The van der Waals surface area contributed by atoms with Crippen LogP contribution in [0, 0.1) is 6.92 Å². The topological polar surface area (TPSA) is 76.2 Å². The molecule has 0 aliphatic heterocycles. The van der Waals surface area contributed by atoms with E-state index in [9.17, 15) is 9.90 Å². The second kappa shape index (κ2) is 4.90. The molecule has 5 nitrogen and oxygen atoms in total. The lowest BCUT2D eigenvalue weighted by atomic mass is 10.1. The summed E-state index contributed by atoms with van der Waals surface area (Å²) in [5, 5.41) is 21.0. The average Bonchev–Trinajstić information content (AvgIpc) is 3.07. The van der Waals surface area contributed by atoms with Gasteiger partial charge in [-0.2, -0.15) is 11.3 Å². The summed E-state index contributed by atoms with van der Waals surface area (Å²) in [4.78, 5) is 11.2. The number of rotatable bonds is 3. The summed E-state index contributed by atoms with van der Waals surface area (Å²) in [5.74, 6) is -0.408. The lowest BCUT2D eigenvalue weighted by molar-refractivity contribution is 0.0697. The SMILES string of the molecule is Cc1cscc1-c1nnc(-c2ccccc2C(=O)O)o1. The third kappa shape index (κ3) is 2.10. The van der Waals surface area contributed by atoms with E-state index in [1.165, 1.54) is 6.07 Å². The van der Waals surface area contributed by atoms with Crippen molar-refractivity contribution in [3.63, 3.8) is 0 Å². The van der Waals surface area contributed by atoms with Gasteiger partial charge < -0.3 is 9.52 Å². The van der Waals surface area contributed by atoms with Crippen molar-refractivity contribution in [2.45, 2.75) is 6.92 Å². The highest BCUT2D eigenvalue weighted by atomic mass is 32.1. The Balaban J connectivity index is 2.07. The van der Waals surface area contributed by atoms with Crippen LogP contribution in [0.25, 0.3) is 22.9 Å². The number of hydrogen-bond donors (Lipinski definition) is 1. The molecule has 6 heteroatoms. The van der Waals surface area contributed by atoms with E-state index in [4.69, 9.17) is 4.42 Å². The third-order valence-corrected chi connectivity index (χ3v) is 3.76. The van der Waals surface area contributed by atoms with Crippen molar-refractivity contribution in [3.8, 4) is 22.9 Å². The predicted molar refractivity (Wildman–Crippen MR) is 74.7 cm³/mol. The molecule has 0 unspecified atom stereocenters. The maximum absolute atomic E-state index is 11.2. The minimum absolute atomic E-state index is 0.143. The van der Waals surface area contributed by atoms with E-state index in [2.05, 4.69) is 10.2 Å². The number of carbonyl (C=O) groups is 1. The van der Waals surface area contributed by atoms with Crippen molar-refractivity contribution < 1.29 is 14.3 Å². The first-order chi connectivity index (χ1) is 9.66. The van der Waals surface area contributed by atoms with Gasteiger partial charge in [-0.3, -0.25) is 0 Å². The number of carboxylic acid groups (broad SMARTS) is 1. The first-order valence-corrected chi connectivity index (χ1v) is 6.80. The van der Waals surface area contributed by atoms with Gasteiger partial charge in [0.25, 0.3) is 0 Å². The molecular formula is C14H10N2O3S. The standard InChI is InChI=1S/C14H10N2O3S/c1-8-6-20-7-11(8)13-16-15-12(19-13)9-4-2-3-5-10(9)14(17)18/h2-7H,1H3,(H,17,18). The zero-order valence-electron chi connectivity index (χ0n) is 10.5. The molecule has 0 spiro atoms. The van der Waals surface area contributed by atoms with Crippen LogP contribution in [0.1, 0.15) is 15.9 Å². The fraction of sp³-hybridized carbons (Fsp3) is 0.0714. The first-order valence-electron chi connectivity index (χ1n) is 5.86. The summed E-state index contributed by atoms with van der Waals surface area (Å²) in [5.41, 5.74) is 2.50. The first kappa shape index (κ1) is 12.6. The molecule has 1 N–H and O–H groups in total. The van der Waals surface area contributed by atoms with E-state index in [0.29, 0.717) is 11.5 Å². The highest BCUT2D eigenvalue weighted by molar-refractivity contribution is 7.08. The molecule has 0 aliphatic rings. The van der Waals surface area contributed by atoms with Crippen molar-refractivity contribution >= 4 is 17.3 Å². The molecule has 0 radical (unpaired) electrons. The van der Waals surface area contributed by atoms with Gasteiger partial charge in [0.15, 0.2) is 0 Å². The Morgan fingerprint density at radius 2 is 1.85 bits per heavy atom. The molecule has 100 valence electrons. The van der Waals surface area contributed by atoms with Crippen LogP contribution in [-0.4, -0.2) is 21.3 Å². The van der Waals surface area contributed by atoms with Crippen LogP contribution < -0.4 is 0 Å². The number of aryl methyl sites for hydroxylation is 1. The van der Waals surface area contributed by atoms with E-state index in [0.717, 1.165) is 11.1 Å². The lowest BCUT2D eigenvalue weighted by Crippen LogP contribution is -1.98. The molecule has 0 atom stereocenters. The summed E-state index contributed by atoms with van der Waals surface area (Å²) in [6.07, 6.45) is 0. The van der Waals surface area contributed by atoms with Gasteiger partial charge in [-0.15, -0.1) is 10.2 Å². The summed E-state index contributed by atoms with van der Waals surface area (Å²) in [6.45, 7) is 1.96. The average molecular weight is 286 g/mol. The van der Waals surface area contributed by atoms with Crippen molar-refractivity contribution in [1.29, 1.82) is 0 Å². The number of aromatic carboxylic acids is 1. The van der Waals surface area contributed by atoms with Crippen molar-refractivity contribution in [3.05, 3.63) is 46.2 Å². The molecule has 0 amide bonds. The van der Waals surface area contributed by atoms with E-state index >= 15 is 0 Å².